The van der Waals surface area contributed by atoms with Gasteiger partial charge in [0.2, 0.25) is 5.91 Å². The van der Waals surface area contributed by atoms with E-state index in [0.29, 0.717) is 5.56 Å². The largest absolute Gasteiger partial charge is 0.369 e. The molecule has 4 heteroatoms. The first-order valence-electron chi connectivity index (χ1n) is 8.65. The van der Waals surface area contributed by atoms with Crippen molar-refractivity contribution in [3.05, 3.63) is 36.2 Å². The third-order valence-electron chi connectivity index (χ3n) is 5.66. The molecule has 2 fully saturated rings. The van der Waals surface area contributed by atoms with Gasteiger partial charge in [-0.2, -0.15) is 0 Å². The fourth-order valence-electron chi connectivity index (χ4n) is 4.37. The maximum absolute atomic E-state index is 11.5. The second-order valence-electron chi connectivity index (χ2n) is 7.00. The number of primary amides is 1. The van der Waals surface area contributed by atoms with Crippen LogP contribution in [0.1, 0.15) is 42.5 Å². The number of amides is 1. The monoisotopic (exact) mass is 309 g/mol. The predicted octanol–water partition coefficient (Wildman–Crippen LogP) is 3.35. The fourth-order valence-corrected chi connectivity index (χ4v) is 4.37. The summed E-state index contributed by atoms with van der Waals surface area (Å²) in [5.74, 6) is 1.34. The lowest BCUT2D eigenvalue weighted by Crippen LogP contribution is -2.41. The first-order chi connectivity index (χ1) is 11.2. The predicted molar refractivity (Wildman–Crippen MR) is 92.5 cm³/mol. The van der Waals surface area contributed by atoms with Crippen molar-refractivity contribution in [3.8, 4) is 0 Å². The molecule has 4 nitrogen and oxygen atoms in total. The standard InChI is InChI=1S/C19H23N3O/c20-19(23)14-5-6-15-10-21-11-18(17(15)9-14)22-8-7-13-3-1-2-4-16(13)12-22/h5-6,9-11,13,16H,1-4,7-8,12H2,(H2,20,23)/t13-,16-/m0/s1. The summed E-state index contributed by atoms with van der Waals surface area (Å²) < 4.78 is 0. The Kier molecular flexibility index (Phi) is 3.68. The van der Waals surface area contributed by atoms with E-state index in [1.165, 1.54) is 32.1 Å². The first-order valence-corrected chi connectivity index (χ1v) is 8.65. The molecular weight excluding hydrogens is 286 g/mol. The molecular formula is C19H23N3O. The van der Waals surface area contributed by atoms with Gasteiger partial charge in [0.05, 0.1) is 11.9 Å². The number of aromatic nitrogens is 1. The molecule has 1 aromatic heterocycles. The minimum atomic E-state index is -0.374. The summed E-state index contributed by atoms with van der Waals surface area (Å²) in [7, 11) is 0. The summed E-state index contributed by atoms with van der Waals surface area (Å²) in [6, 6.07) is 5.64. The molecule has 2 aliphatic rings. The van der Waals surface area contributed by atoms with Gasteiger partial charge >= 0.3 is 0 Å². The number of pyridine rings is 1. The van der Waals surface area contributed by atoms with E-state index in [-0.39, 0.29) is 5.91 Å². The molecule has 2 atom stereocenters. The molecule has 1 saturated heterocycles. The van der Waals surface area contributed by atoms with Crippen LogP contribution in [0.2, 0.25) is 0 Å². The highest BCUT2D eigenvalue weighted by Crippen LogP contribution is 2.38. The van der Waals surface area contributed by atoms with E-state index in [1.54, 1.807) is 6.07 Å². The SMILES string of the molecule is NC(=O)c1ccc2cncc(N3CC[C@@H]4CCCC[C@H]4C3)c2c1. The molecule has 1 amide bonds. The number of nitrogens with two attached hydrogens (primary N) is 1. The summed E-state index contributed by atoms with van der Waals surface area (Å²) in [6.07, 6.45) is 10.6. The molecule has 0 unspecified atom stereocenters. The van der Waals surface area contributed by atoms with E-state index in [1.807, 2.05) is 24.5 Å². The lowest BCUT2D eigenvalue weighted by Gasteiger charge is -2.42. The Morgan fingerprint density at radius 2 is 1.96 bits per heavy atom. The maximum Gasteiger partial charge on any atom is 0.248 e. The van der Waals surface area contributed by atoms with Crippen molar-refractivity contribution in [2.24, 2.45) is 17.6 Å². The van der Waals surface area contributed by atoms with Gasteiger partial charge in [0, 0.05) is 35.6 Å². The van der Waals surface area contributed by atoms with Gasteiger partial charge in [0.1, 0.15) is 0 Å². The highest BCUT2D eigenvalue weighted by Gasteiger charge is 2.31. The lowest BCUT2D eigenvalue weighted by molar-refractivity contribution is 0.100. The minimum Gasteiger partial charge on any atom is -0.369 e. The smallest absolute Gasteiger partial charge is 0.248 e. The zero-order valence-electron chi connectivity index (χ0n) is 13.4. The minimum absolute atomic E-state index is 0.374. The van der Waals surface area contributed by atoms with Crippen LogP contribution in [-0.4, -0.2) is 24.0 Å². The van der Waals surface area contributed by atoms with Crippen LogP contribution in [0.15, 0.2) is 30.6 Å². The Labute approximate surface area is 136 Å². The van der Waals surface area contributed by atoms with Crippen LogP contribution < -0.4 is 10.6 Å². The van der Waals surface area contributed by atoms with Crippen LogP contribution in [0.5, 0.6) is 0 Å². The summed E-state index contributed by atoms with van der Waals surface area (Å²) in [5, 5.41) is 2.16. The molecule has 1 aliphatic heterocycles. The van der Waals surface area contributed by atoms with E-state index in [2.05, 4.69) is 9.88 Å². The van der Waals surface area contributed by atoms with Crippen LogP contribution in [0.4, 0.5) is 5.69 Å². The lowest BCUT2D eigenvalue weighted by atomic mass is 9.75. The van der Waals surface area contributed by atoms with Gasteiger partial charge in [0.25, 0.3) is 0 Å². The second-order valence-corrected chi connectivity index (χ2v) is 7.00. The Hall–Kier alpha value is -2.10. The van der Waals surface area contributed by atoms with Crippen LogP contribution in [0.25, 0.3) is 10.8 Å². The van der Waals surface area contributed by atoms with Crippen molar-refractivity contribution in [1.29, 1.82) is 0 Å². The van der Waals surface area contributed by atoms with Gasteiger partial charge in [0.15, 0.2) is 0 Å². The average Bonchev–Trinajstić information content (AvgIpc) is 2.60. The van der Waals surface area contributed by atoms with E-state index in [0.717, 1.165) is 41.4 Å². The Bertz CT molecular complexity index is 742. The molecule has 0 bridgehead atoms. The molecule has 0 radical (unpaired) electrons. The van der Waals surface area contributed by atoms with Crippen molar-refractivity contribution >= 4 is 22.4 Å². The molecule has 1 aliphatic carbocycles. The van der Waals surface area contributed by atoms with Gasteiger partial charge < -0.3 is 10.6 Å². The van der Waals surface area contributed by atoms with Crippen molar-refractivity contribution < 1.29 is 4.79 Å². The number of benzene rings is 1. The molecule has 2 N–H and O–H groups in total. The van der Waals surface area contributed by atoms with Crippen molar-refractivity contribution in [2.75, 3.05) is 18.0 Å². The van der Waals surface area contributed by atoms with Crippen LogP contribution in [-0.2, 0) is 0 Å². The van der Waals surface area contributed by atoms with Gasteiger partial charge in [-0.05, 0) is 36.8 Å². The first kappa shape index (κ1) is 14.5. The molecule has 2 heterocycles. The summed E-state index contributed by atoms with van der Waals surface area (Å²) in [6.45, 7) is 2.20. The quantitative estimate of drug-likeness (QED) is 0.925. The third-order valence-corrected chi connectivity index (χ3v) is 5.66. The van der Waals surface area contributed by atoms with E-state index >= 15 is 0 Å². The van der Waals surface area contributed by atoms with Crippen molar-refractivity contribution in [3.63, 3.8) is 0 Å². The number of carbonyl (C=O) groups is 1. The topological polar surface area (TPSA) is 59.2 Å². The van der Waals surface area contributed by atoms with Gasteiger partial charge in [-0.25, -0.2) is 0 Å². The maximum atomic E-state index is 11.5. The van der Waals surface area contributed by atoms with Crippen LogP contribution in [0.3, 0.4) is 0 Å². The zero-order valence-corrected chi connectivity index (χ0v) is 13.4. The molecule has 4 rings (SSSR count). The highest BCUT2D eigenvalue weighted by molar-refractivity contribution is 6.01. The van der Waals surface area contributed by atoms with Gasteiger partial charge in [-0.15, -0.1) is 0 Å². The highest BCUT2D eigenvalue weighted by atomic mass is 16.1. The van der Waals surface area contributed by atoms with Gasteiger partial charge in [-0.3, -0.25) is 9.78 Å². The third kappa shape index (κ3) is 2.67. The second kappa shape index (κ2) is 5.84. The fraction of sp³-hybridized carbons (Fsp3) is 0.474. The summed E-state index contributed by atoms with van der Waals surface area (Å²) in [5.41, 5.74) is 7.17. The number of anilines is 1. The Balaban J connectivity index is 1.70. The van der Waals surface area contributed by atoms with Crippen molar-refractivity contribution in [2.45, 2.75) is 32.1 Å². The van der Waals surface area contributed by atoms with E-state index in [9.17, 15) is 4.79 Å². The van der Waals surface area contributed by atoms with Crippen LogP contribution >= 0.6 is 0 Å². The molecule has 23 heavy (non-hydrogen) atoms. The zero-order chi connectivity index (χ0) is 15.8. The Morgan fingerprint density at radius 3 is 2.78 bits per heavy atom. The number of hydrogen-bond acceptors (Lipinski definition) is 3. The molecule has 0 spiro atoms. The molecule has 1 saturated carbocycles. The van der Waals surface area contributed by atoms with Crippen molar-refractivity contribution in [1.82, 2.24) is 4.98 Å². The Morgan fingerprint density at radius 1 is 1.13 bits per heavy atom. The van der Waals surface area contributed by atoms with E-state index in [4.69, 9.17) is 5.73 Å². The van der Waals surface area contributed by atoms with Crippen LogP contribution in [0, 0.1) is 11.8 Å². The number of hydrogen-bond donors (Lipinski definition) is 1. The number of piperidine rings is 1. The summed E-state index contributed by atoms with van der Waals surface area (Å²) >= 11 is 0. The van der Waals surface area contributed by atoms with Gasteiger partial charge in [-0.1, -0.05) is 25.3 Å². The molecule has 1 aromatic carbocycles. The number of fused-ring (bicyclic) bond motifs is 2. The molecule has 120 valence electrons. The average molecular weight is 309 g/mol. The molecule has 2 aromatic rings. The number of rotatable bonds is 2. The normalized spacial score (nSPS) is 24.4. The number of carbonyl (C=O) groups excluding carboxylic acids is 1. The van der Waals surface area contributed by atoms with E-state index < -0.39 is 0 Å². The number of nitrogens with zero attached hydrogens (tertiary/aromatic N) is 2. The summed E-state index contributed by atoms with van der Waals surface area (Å²) in [4.78, 5) is 18.4.